The van der Waals surface area contributed by atoms with Gasteiger partial charge in [0.1, 0.15) is 17.5 Å². The molecule has 0 aliphatic heterocycles. The standard InChI is InChI=1S/C16H18N2O3/c1-18(20-2)15(16(17)19)13-10-6-7-11-14(13)21-12-8-4-3-5-9-12/h3-11,15H,1-2H3,(H2,17,19). The van der Waals surface area contributed by atoms with Gasteiger partial charge in [0.25, 0.3) is 0 Å². The van der Waals surface area contributed by atoms with Crippen LogP contribution in [-0.2, 0) is 9.63 Å². The lowest BCUT2D eigenvalue weighted by molar-refractivity contribution is -0.160. The van der Waals surface area contributed by atoms with Crippen molar-refractivity contribution in [1.82, 2.24) is 5.06 Å². The summed E-state index contributed by atoms with van der Waals surface area (Å²) < 4.78 is 5.85. The number of nitrogens with zero attached hydrogens (tertiary/aromatic N) is 1. The highest BCUT2D eigenvalue weighted by Crippen LogP contribution is 2.31. The van der Waals surface area contributed by atoms with Crippen molar-refractivity contribution in [3.63, 3.8) is 0 Å². The van der Waals surface area contributed by atoms with Crippen LogP contribution in [0.1, 0.15) is 11.6 Å². The van der Waals surface area contributed by atoms with Gasteiger partial charge in [-0.3, -0.25) is 4.79 Å². The first-order chi connectivity index (χ1) is 10.1. The molecule has 21 heavy (non-hydrogen) atoms. The fourth-order valence-electron chi connectivity index (χ4n) is 2.05. The molecule has 1 amide bonds. The summed E-state index contributed by atoms with van der Waals surface area (Å²) >= 11 is 0. The van der Waals surface area contributed by atoms with E-state index in [9.17, 15) is 4.79 Å². The fourth-order valence-corrected chi connectivity index (χ4v) is 2.05. The van der Waals surface area contributed by atoms with Crippen molar-refractivity contribution in [1.29, 1.82) is 0 Å². The third-order valence-corrected chi connectivity index (χ3v) is 3.11. The molecule has 0 bridgehead atoms. The Hall–Kier alpha value is -2.37. The monoisotopic (exact) mass is 286 g/mol. The van der Waals surface area contributed by atoms with Crippen LogP contribution in [0.2, 0.25) is 0 Å². The van der Waals surface area contributed by atoms with Gasteiger partial charge in [-0.2, -0.15) is 5.06 Å². The Morgan fingerprint density at radius 2 is 1.71 bits per heavy atom. The van der Waals surface area contributed by atoms with E-state index in [0.717, 1.165) is 0 Å². The van der Waals surface area contributed by atoms with E-state index in [0.29, 0.717) is 17.1 Å². The zero-order valence-corrected chi connectivity index (χ0v) is 12.0. The zero-order chi connectivity index (χ0) is 15.2. The maximum atomic E-state index is 11.7. The molecule has 2 aromatic rings. The van der Waals surface area contributed by atoms with E-state index in [1.54, 1.807) is 19.2 Å². The van der Waals surface area contributed by atoms with Crippen LogP contribution in [0.3, 0.4) is 0 Å². The van der Waals surface area contributed by atoms with Crippen LogP contribution >= 0.6 is 0 Å². The molecule has 0 radical (unpaired) electrons. The topological polar surface area (TPSA) is 64.8 Å². The summed E-state index contributed by atoms with van der Waals surface area (Å²) in [6.07, 6.45) is 0. The maximum absolute atomic E-state index is 11.7. The number of nitrogens with two attached hydrogens (primary N) is 1. The molecule has 0 heterocycles. The Kier molecular flexibility index (Phi) is 4.92. The van der Waals surface area contributed by atoms with Gasteiger partial charge in [0.2, 0.25) is 5.91 Å². The normalized spacial score (nSPS) is 12.1. The number of hydroxylamine groups is 2. The Morgan fingerprint density at radius 3 is 2.33 bits per heavy atom. The SMILES string of the molecule is CON(C)C(C(N)=O)c1ccccc1Oc1ccccc1. The molecule has 1 unspecified atom stereocenters. The lowest BCUT2D eigenvalue weighted by Gasteiger charge is -2.25. The van der Waals surface area contributed by atoms with Gasteiger partial charge in [0.15, 0.2) is 0 Å². The molecule has 0 saturated heterocycles. The number of rotatable bonds is 6. The maximum Gasteiger partial charge on any atom is 0.241 e. The van der Waals surface area contributed by atoms with Crippen LogP contribution in [-0.4, -0.2) is 25.1 Å². The molecule has 0 fully saturated rings. The molecule has 5 heteroatoms. The number of ether oxygens (including phenoxy) is 1. The summed E-state index contributed by atoms with van der Waals surface area (Å²) in [5.74, 6) is 0.744. The van der Waals surface area contributed by atoms with E-state index in [1.807, 2.05) is 42.5 Å². The molecule has 1 atom stereocenters. The minimum atomic E-state index is -0.727. The van der Waals surface area contributed by atoms with Gasteiger partial charge in [-0.05, 0) is 18.2 Å². The Bertz CT molecular complexity index is 601. The molecule has 2 aromatic carbocycles. The van der Waals surface area contributed by atoms with E-state index in [2.05, 4.69) is 0 Å². The first-order valence-electron chi connectivity index (χ1n) is 6.51. The molecule has 0 aliphatic carbocycles. The highest BCUT2D eigenvalue weighted by Gasteiger charge is 2.26. The Morgan fingerprint density at radius 1 is 1.10 bits per heavy atom. The van der Waals surface area contributed by atoms with Crippen LogP contribution in [0, 0.1) is 0 Å². The van der Waals surface area contributed by atoms with E-state index >= 15 is 0 Å². The molecule has 2 N–H and O–H groups in total. The quantitative estimate of drug-likeness (QED) is 0.829. The number of carbonyl (C=O) groups is 1. The van der Waals surface area contributed by atoms with Gasteiger partial charge in [0, 0.05) is 12.6 Å². The van der Waals surface area contributed by atoms with Gasteiger partial charge in [-0.25, -0.2) is 0 Å². The lowest BCUT2D eigenvalue weighted by atomic mass is 10.1. The Labute approximate surface area is 123 Å². The van der Waals surface area contributed by atoms with Gasteiger partial charge in [0.05, 0.1) is 7.11 Å². The van der Waals surface area contributed by atoms with E-state index < -0.39 is 11.9 Å². The number of hydrogen-bond donors (Lipinski definition) is 1. The molecule has 0 saturated carbocycles. The van der Waals surface area contributed by atoms with E-state index in [-0.39, 0.29) is 0 Å². The predicted octanol–water partition coefficient (Wildman–Crippen LogP) is 2.50. The van der Waals surface area contributed by atoms with Gasteiger partial charge in [-0.15, -0.1) is 0 Å². The summed E-state index contributed by atoms with van der Waals surface area (Å²) in [5.41, 5.74) is 6.14. The molecular weight excluding hydrogens is 268 g/mol. The number of amides is 1. The van der Waals surface area contributed by atoms with Crippen molar-refractivity contribution >= 4 is 5.91 Å². The van der Waals surface area contributed by atoms with Crippen LogP contribution in [0.15, 0.2) is 54.6 Å². The predicted molar refractivity (Wildman–Crippen MR) is 79.7 cm³/mol. The van der Waals surface area contributed by atoms with Crippen molar-refractivity contribution in [2.45, 2.75) is 6.04 Å². The van der Waals surface area contributed by atoms with Gasteiger partial charge >= 0.3 is 0 Å². The van der Waals surface area contributed by atoms with Crippen molar-refractivity contribution in [2.24, 2.45) is 5.73 Å². The molecule has 0 aliphatic rings. The van der Waals surface area contributed by atoms with Crippen LogP contribution in [0.5, 0.6) is 11.5 Å². The minimum Gasteiger partial charge on any atom is -0.457 e. The highest BCUT2D eigenvalue weighted by atomic mass is 16.7. The number of benzene rings is 2. The number of likely N-dealkylation sites (N-methyl/N-ethyl adjacent to an activating group) is 1. The largest absolute Gasteiger partial charge is 0.457 e. The summed E-state index contributed by atoms with van der Waals surface area (Å²) in [4.78, 5) is 16.9. The van der Waals surface area contributed by atoms with Crippen molar-refractivity contribution < 1.29 is 14.4 Å². The second kappa shape index (κ2) is 6.88. The van der Waals surface area contributed by atoms with Crippen molar-refractivity contribution in [3.8, 4) is 11.5 Å². The summed E-state index contributed by atoms with van der Waals surface area (Å²) in [6, 6.07) is 15.9. The molecule has 0 spiro atoms. The smallest absolute Gasteiger partial charge is 0.241 e. The number of primary amides is 1. The van der Waals surface area contributed by atoms with Crippen LogP contribution < -0.4 is 10.5 Å². The first kappa shape index (κ1) is 15.0. The first-order valence-corrected chi connectivity index (χ1v) is 6.51. The van der Waals surface area contributed by atoms with Crippen LogP contribution in [0.4, 0.5) is 0 Å². The molecule has 2 rings (SSSR count). The third-order valence-electron chi connectivity index (χ3n) is 3.11. The third kappa shape index (κ3) is 3.59. The van der Waals surface area contributed by atoms with E-state index in [1.165, 1.54) is 12.2 Å². The minimum absolute atomic E-state index is 0.511. The Balaban J connectivity index is 2.37. The zero-order valence-electron chi connectivity index (χ0n) is 12.0. The second-order valence-electron chi connectivity index (χ2n) is 4.49. The van der Waals surface area contributed by atoms with Crippen molar-refractivity contribution in [2.75, 3.05) is 14.2 Å². The van der Waals surface area contributed by atoms with Gasteiger partial charge in [-0.1, -0.05) is 36.4 Å². The summed E-state index contributed by atoms with van der Waals surface area (Å²) in [5, 5.41) is 1.40. The summed E-state index contributed by atoms with van der Waals surface area (Å²) in [6.45, 7) is 0. The highest BCUT2D eigenvalue weighted by molar-refractivity contribution is 5.82. The molecule has 110 valence electrons. The van der Waals surface area contributed by atoms with E-state index in [4.69, 9.17) is 15.3 Å². The second-order valence-corrected chi connectivity index (χ2v) is 4.49. The summed E-state index contributed by atoms with van der Waals surface area (Å²) in [7, 11) is 3.13. The molecular formula is C16H18N2O3. The average Bonchev–Trinajstić information content (AvgIpc) is 2.49. The van der Waals surface area contributed by atoms with Crippen molar-refractivity contribution in [3.05, 3.63) is 60.2 Å². The average molecular weight is 286 g/mol. The number of para-hydroxylation sites is 2. The van der Waals surface area contributed by atoms with Crippen LogP contribution in [0.25, 0.3) is 0 Å². The number of carbonyl (C=O) groups excluding carboxylic acids is 1. The molecule has 0 aromatic heterocycles. The molecule has 5 nitrogen and oxygen atoms in total. The number of hydrogen-bond acceptors (Lipinski definition) is 4. The van der Waals surface area contributed by atoms with Gasteiger partial charge < -0.3 is 15.3 Å². The fraction of sp³-hybridized carbons (Fsp3) is 0.188. The lowest BCUT2D eigenvalue weighted by Crippen LogP contribution is -2.34.